The van der Waals surface area contributed by atoms with Crippen molar-refractivity contribution in [3.8, 4) is 0 Å². The van der Waals surface area contributed by atoms with E-state index in [-0.39, 0.29) is 6.04 Å². The topological polar surface area (TPSA) is 55.3 Å². The molecule has 0 amide bonds. The Morgan fingerprint density at radius 3 is 2.21 bits per heavy atom. The van der Waals surface area contributed by atoms with Crippen LogP contribution < -0.4 is 11.5 Å². The first kappa shape index (κ1) is 11.2. The molecule has 0 unspecified atom stereocenters. The van der Waals surface area contributed by atoms with Crippen LogP contribution in [0.5, 0.6) is 0 Å². The summed E-state index contributed by atoms with van der Waals surface area (Å²) < 4.78 is 0. The van der Waals surface area contributed by atoms with Gasteiger partial charge in [0.15, 0.2) is 0 Å². The normalized spacial score (nSPS) is 13.2. The molecule has 78 valence electrons. The lowest BCUT2D eigenvalue weighted by Crippen LogP contribution is -2.20. The van der Waals surface area contributed by atoms with Gasteiger partial charge in [-0.2, -0.15) is 0 Å². The molecule has 0 fully saturated rings. The molecule has 4 N–H and O–H groups in total. The summed E-state index contributed by atoms with van der Waals surface area (Å²) in [6.07, 6.45) is 0. The maximum atomic E-state index is 5.81. The van der Waals surface area contributed by atoms with Crippen LogP contribution in [0.1, 0.15) is 17.2 Å². The molecule has 1 aromatic rings. The summed E-state index contributed by atoms with van der Waals surface area (Å²) in [5, 5.41) is 0. The quantitative estimate of drug-likeness (QED) is 0.740. The van der Waals surface area contributed by atoms with Gasteiger partial charge < -0.3 is 16.4 Å². The van der Waals surface area contributed by atoms with Crippen LogP contribution in [0, 0.1) is 0 Å². The second-order valence-corrected chi connectivity index (χ2v) is 3.82. The molecular formula is C11H19N3. The molecule has 0 saturated heterocycles. The van der Waals surface area contributed by atoms with Gasteiger partial charge in [-0.3, -0.25) is 0 Å². The zero-order chi connectivity index (χ0) is 10.6. The van der Waals surface area contributed by atoms with E-state index in [1.165, 1.54) is 5.56 Å². The van der Waals surface area contributed by atoms with Crippen LogP contribution in [-0.4, -0.2) is 25.5 Å². The fourth-order valence-electron chi connectivity index (χ4n) is 1.37. The Morgan fingerprint density at radius 2 is 1.79 bits per heavy atom. The summed E-state index contributed by atoms with van der Waals surface area (Å²) in [6, 6.07) is 8.27. The molecule has 0 aliphatic rings. The van der Waals surface area contributed by atoms with Gasteiger partial charge in [-0.25, -0.2) is 0 Å². The van der Waals surface area contributed by atoms with Crippen LogP contribution in [0.2, 0.25) is 0 Å². The highest BCUT2D eigenvalue weighted by Crippen LogP contribution is 2.11. The molecule has 1 atom stereocenters. The van der Waals surface area contributed by atoms with Gasteiger partial charge in [0.1, 0.15) is 0 Å². The molecule has 3 nitrogen and oxygen atoms in total. The third-order valence-electron chi connectivity index (χ3n) is 2.16. The van der Waals surface area contributed by atoms with Crippen molar-refractivity contribution in [1.29, 1.82) is 0 Å². The third kappa shape index (κ3) is 3.10. The predicted molar refractivity (Wildman–Crippen MR) is 59.8 cm³/mol. The van der Waals surface area contributed by atoms with Crippen molar-refractivity contribution in [2.24, 2.45) is 11.5 Å². The van der Waals surface area contributed by atoms with E-state index in [1.807, 2.05) is 0 Å². The van der Waals surface area contributed by atoms with Crippen LogP contribution >= 0.6 is 0 Å². The van der Waals surface area contributed by atoms with Crippen molar-refractivity contribution in [2.45, 2.75) is 12.6 Å². The zero-order valence-corrected chi connectivity index (χ0v) is 8.90. The number of hydrogen-bond acceptors (Lipinski definition) is 3. The minimum Gasteiger partial charge on any atom is -0.329 e. The molecule has 0 saturated carbocycles. The average Bonchev–Trinajstić information content (AvgIpc) is 2.17. The van der Waals surface area contributed by atoms with Crippen molar-refractivity contribution in [3.63, 3.8) is 0 Å². The minimum atomic E-state index is -0.0385. The van der Waals surface area contributed by atoms with Gasteiger partial charge in [0.25, 0.3) is 0 Å². The van der Waals surface area contributed by atoms with Crippen molar-refractivity contribution < 1.29 is 0 Å². The molecule has 0 heterocycles. The maximum absolute atomic E-state index is 5.81. The second kappa shape index (κ2) is 5.10. The maximum Gasteiger partial charge on any atom is 0.0419 e. The average molecular weight is 193 g/mol. The third-order valence-corrected chi connectivity index (χ3v) is 2.16. The summed E-state index contributed by atoms with van der Waals surface area (Å²) in [5.41, 5.74) is 13.7. The molecule has 0 radical (unpaired) electrons. The fourth-order valence-corrected chi connectivity index (χ4v) is 1.37. The molecule has 14 heavy (non-hydrogen) atoms. The summed E-state index contributed by atoms with van der Waals surface area (Å²) in [4.78, 5) is 2.14. The summed E-state index contributed by atoms with van der Waals surface area (Å²) in [6.45, 7) is 1.45. The molecule has 0 aromatic heterocycles. The minimum absolute atomic E-state index is 0.0385. The van der Waals surface area contributed by atoms with E-state index in [0.29, 0.717) is 6.54 Å². The first-order valence-corrected chi connectivity index (χ1v) is 4.82. The SMILES string of the molecule is CN(C)Cc1ccc([C@H](N)CN)cc1. The van der Waals surface area contributed by atoms with Crippen LogP contribution in [-0.2, 0) is 6.54 Å². The Bertz CT molecular complexity index is 266. The predicted octanol–water partition coefficient (Wildman–Crippen LogP) is 0.707. The van der Waals surface area contributed by atoms with Gasteiger partial charge in [-0.1, -0.05) is 24.3 Å². The van der Waals surface area contributed by atoms with Gasteiger partial charge in [-0.05, 0) is 25.2 Å². The Morgan fingerprint density at radius 1 is 1.21 bits per heavy atom. The molecule has 0 aliphatic carbocycles. The first-order chi connectivity index (χ1) is 6.63. The van der Waals surface area contributed by atoms with E-state index >= 15 is 0 Å². The Kier molecular flexibility index (Phi) is 4.07. The van der Waals surface area contributed by atoms with E-state index in [2.05, 4.69) is 43.3 Å². The lowest BCUT2D eigenvalue weighted by molar-refractivity contribution is 0.402. The van der Waals surface area contributed by atoms with Gasteiger partial charge in [0, 0.05) is 19.1 Å². The van der Waals surface area contributed by atoms with Crippen LogP contribution in [0.25, 0.3) is 0 Å². The molecule has 1 rings (SSSR count). The lowest BCUT2D eigenvalue weighted by atomic mass is 10.1. The van der Waals surface area contributed by atoms with Crippen LogP contribution in [0.4, 0.5) is 0 Å². The number of nitrogens with zero attached hydrogens (tertiary/aromatic N) is 1. The number of hydrogen-bond donors (Lipinski definition) is 2. The van der Waals surface area contributed by atoms with E-state index in [9.17, 15) is 0 Å². The second-order valence-electron chi connectivity index (χ2n) is 3.82. The molecular weight excluding hydrogens is 174 g/mol. The van der Waals surface area contributed by atoms with Crippen LogP contribution in [0.3, 0.4) is 0 Å². The van der Waals surface area contributed by atoms with Crippen molar-refractivity contribution in [1.82, 2.24) is 4.90 Å². The smallest absolute Gasteiger partial charge is 0.0419 e. The summed E-state index contributed by atoms with van der Waals surface area (Å²) >= 11 is 0. The summed E-state index contributed by atoms with van der Waals surface area (Å²) in [5.74, 6) is 0. The van der Waals surface area contributed by atoms with E-state index in [0.717, 1.165) is 12.1 Å². The molecule has 0 aliphatic heterocycles. The highest BCUT2D eigenvalue weighted by Gasteiger charge is 2.02. The highest BCUT2D eigenvalue weighted by atomic mass is 15.0. The molecule has 0 bridgehead atoms. The first-order valence-electron chi connectivity index (χ1n) is 4.82. The Hall–Kier alpha value is -0.900. The van der Waals surface area contributed by atoms with Gasteiger partial charge in [0.05, 0.1) is 0 Å². The largest absolute Gasteiger partial charge is 0.329 e. The van der Waals surface area contributed by atoms with E-state index in [1.54, 1.807) is 0 Å². The van der Waals surface area contributed by atoms with Gasteiger partial charge in [-0.15, -0.1) is 0 Å². The molecule has 3 heteroatoms. The van der Waals surface area contributed by atoms with Crippen molar-refractivity contribution in [3.05, 3.63) is 35.4 Å². The number of benzene rings is 1. The Labute approximate surface area is 85.7 Å². The fraction of sp³-hybridized carbons (Fsp3) is 0.455. The summed E-state index contributed by atoms with van der Waals surface area (Å²) in [7, 11) is 4.11. The Balaban J connectivity index is 2.68. The standard InChI is InChI=1S/C11H19N3/c1-14(2)8-9-3-5-10(6-4-9)11(13)7-12/h3-6,11H,7-8,12-13H2,1-2H3/t11-/m1/s1. The molecule has 1 aromatic carbocycles. The van der Waals surface area contributed by atoms with Gasteiger partial charge in [0.2, 0.25) is 0 Å². The number of nitrogens with two attached hydrogens (primary N) is 2. The number of rotatable bonds is 4. The van der Waals surface area contributed by atoms with Crippen molar-refractivity contribution >= 4 is 0 Å². The molecule has 0 spiro atoms. The van der Waals surface area contributed by atoms with E-state index < -0.39 is 0 Å². The zero-order valence-electron chi connectivity index (χ0n) is 8.90. The highest BCUT2D eigenvalue weighted by molar-refractivity contribution is 5.24. The monoisotopic (exact) mass is 193 g/mol. The van der Waals surface area contributed by atoms with Gasteiger partial charge >= 0.3 is 0 Å². The lowest BCUT2D eigenvalue weighted by Gasteiger charge is -2.12. The van der Waals surface area contributed by atoms with Crippen molar-refractivity contribution in [2.75, 3.05) is 20.6 Å². The van der Waals surface area contributed by atoms with Crippen LogP contribution in [0.15, 0.2) is 24.3 Å². The van der Waals surface area contributed by atoms with E-state index in [4.69, 9.17) is 11.5 Å².